The standard InChI is InChI=1S/C12H15NO/c1-8(2)13-9(3)10-6-4-5-7-11(10)12(13)14/h4-9H,1-3H3/t9-/m0/s1. The van der Waals surface area contributed by atoms with Crippen LogP contribution in [0.5, 0.6) is 0 Å². The van der Waals surface area contributed by atoms with Crippen LogP contribution in [0.2, 0.25) is 0 Å². The van der Waals surface area contributed by atoms with Crippen LogP contribution in [-0.4, -0.2) is 16.8 Å². The van der Waals surface area contributed by atoms with Crippen molar-refractivity contribution < 1.29 is 4.79 Å². The van der Waals surface area contributed by atoms with Crippen molar-refractivity contribution in [1.82, 2.24) is 4.90 Å². The molecule has 0 unspecified atom stereocenters. The van der Waals surface area contributed by atoms with E-state index in [-0.39, 0.29) is 18.0 Å². The maximum atomic E-state index is 12.0. The Morgan fingerprint density at radius 3 is 2.50 bits per heavy atom. The number of nitrogens with zero attached hydrogens (tertiary/aromatic N) is 1. The molecule has 0 aliphatic carbocycles. The van der Waals surface area contributed by atoms with E-state index in [9.17, 15) is 4.79 Å². The molecule has 1 aliphatic heterocycles. The summed E-state index contributed by atoms with van der Waals surface area (Å²) < 4.78 is 0. The van der Waals surface area contributed by atoms with E-state index in [0.29, 0.717) is 0 Å². The van der Waals surface area contributed by atoms with Gasteiger partial charge in [0.1, 0.15) is 0 Å². The van der Waals surface area contributed by atoms with Crippen molar-refractivity contribution in [2.24, 2.45) is 0 Å². The zero-order valence-corrected chi connectivity index (χ0v) is 8.82. The lowest BCUT2D eigenvalue weighted by Crippen LogP contribution is -2.33. The smallest absolute Gasteiger partial charge is 0.254 e. The first-order valence-electron chi connectivity index (χ1n) is 5.04. The minimum absolute atomic E-state index is 0.170. The molecule has 1 aromatic carbocycles. The third-order valence-electron chi connectivity index (χ3n) is 2.85. The minimum atomic E-state index is 0.170. The van der Waals surface area contributed by atoms with Gasteiger partial charge in [0.15, 0.2) is 0 Å². The van der Waals surface area contributed by atoms with E-state index >= 15 is 0 Å². The summed E-state index contributed by atoms with van der Waals surface area (Å²) in [5.41, 5.74) is 2.03. The highest BCUT2D eigenvalue weighted by atomic mass is 16.2. The van der Waals surface area contributed by atoms with E-state index in [1.807, 2.05) is 29.2 Å². The van der Waals surface area contributed by atoms with Crippen molar-refractivity contribution in [2.75, 3.05) is 0 Å². The van der Waals surface area contributed by atoms with Crippen LogP contribution in [-0.2, 0) is 0 Å². The van der Waals surface area contributed by atoms with Gasteiger partial charge in [0.2, 0.25) is 0 Å². The van der Waals surface area contributed by atoms with Crippen LogP contribution < -0.4 is 0 Å². The highest BCUT2D eigenvalue weighted by molar-refractivity contribution is 5.99. The second-order valence-electron chi connectivity index (χ2n) is 4.07. The molecular weight excluding hydrogens is 174 g/mol. The summed E-state index contributed by atoms with van der Waals surface area (Å²) >= 11 is 0. The third kappa shape index (κ3) is 1.14. The van der Waals surface area contributed by atoms with Crippen LogP contribution in [0.4, 0.5) is 0 Å². The van der Waals surface area contributed by atoms with Gasteiger partial charge >= 0.3 is 0 Å². The molecule has 0 N–H and O–H groups in total. The zero-order chi connectivity index (χ0) is 10.3. The number of carbonyl (C=O) groups is 1. The summed E-state index contributed by atoms with van der Waals surface area (Å²) in [5, 5.41) is 0. The van der Waals surface area contributed by atoms with Gasteiger partial charge in [-0.1, -0.05) is 18.2 Å². The van der Waals surface area contributed by atoms with E-state index in [1.54, 1.807) is 0 Å². The predicted molar refractivity (Wildman–Crippen MR) is 56.2 cm³/mol. The largest absolute Gasteiger partial charge is 0.329 e. The molecule has 1 aromatic rings. The monoisotopic (exact) mass is 189 g/mol. The Kier molecular flexibility index (Phi) is 2.06. The molecule has 2 rings (SSSR count). The van der Waals surface area contributed by atoms with Gasteiger partial charge in [-0.05, 0) is 32.4 Å². The molecule has 2 nitrogen and oxygen atoms in total. The zero-order valence-electron chi connectivity index (χ0n) is 8.82. The lowest BCUT2D eigenvalue weighted by Gasteiger charge is -2.26. The minimum Gasteiger partial charge on any atom is -0.329 e. The Morgan fingerprint density at radius 2 is 1.93 bits per heavy atom. The van der Waals surface area contributed by atoms with Gasteiger partial charge < -0.3 is 4.90 Å². The first kappa shape index (κ1) is 9.25. The first-order chi connectivity index (χ1) is 6.63. The third-order valence-corrected chi connectivity index (χ3v) is 2.85. The van der Waals surface area contributed by atoms with Crippen LogP contribution in [0.1, 0.15) is 42.7 Å². The lowest BCUT2D eigenvalue weighted by atomic mass is 10.1. The maximum absolute atomic E-state index is 12.0. The Morgan fingerprint density at radius 1 is 1.29 bits per heavy atom. The van der Waals surface area contributed by atoms with Crippen molar-refractivity contribution in [3.05, 3.63) is 35.4 Å². The summed E-state index contributed by atoms with van der Waals surface area (Å²) in [5.74, 6) is 0.170. The van der Waals surface area contributed by atoms with E-state index in [4.69, 9.17) is 0 Å². The van der Waals surface area contributed by atoms with Crippen molar-refractivity contribution >= 4 is 5.91 Å². The topological polar surface area (TPSA) is 20.3 Å². The van der Waals surface area contributed by atoms with Crippen LogP contribution in [0.25, 0.3) is 0 Å². The summed E-state index contributed by atoms with van der Waals surface area (Å²) in [6, 6.07) is 8.36. The molecule has 0 saturated carbocycles. The van der Waals surface area contributed by atoms with E-state index in [0.717, 1.165) is 11.1 Å². The summed E-state index contributed by atoms with van der Waals surface area (Å²) in [6.07, 6.45) is 0. The van der Waals surface area contributed by atoms with Gasteiger partial charge in [-0.15, -0.1) is 0 Å². The fraction of sp³-hybridized carbons (Fsp3) is 0.417. The second-order valence-corrected chi connectivity index (χ2v) is 4.07. The fourth-order valence-electron chi connectivity index (χ4n) is 2.20. The average Bonchev–Trinajstić information content (AvgIpc) is 2.41. The number of amides is 1. The van der Waals surface area contributed by atoms with Gasteiger partial charge in [-0.25, -0.2) is 0 Å². The van der Waals surface area contributed by atoms with Crippen LogP contribution in [0, 0.1) is 0 Å². The summed E-state index contributed by atoms with van der Waals surface area (Å²) in [7, 11) is 0. The fourth-order valence-corrected chi connectivity index (χ4v) is 2.20. The van der Waals surface area contributed by atoms with Gasteiger partial charge in [0, 0.05) is 11.6 Å². The van der Waals surface area contributed by atoms with Crippen LogP contribution in [0.15, 0.2) is 24.3 Å². The number of fused-ring (bicyclic) bond motifs is 1. The number of hydrogen-bond acceptors (Lipinski definition) is 1. The molecule has 1 heterocycles. The Bertz CT molecular complexity index is 370. The highest BCUT2D eigenvalue weighted by Crippen LogP contribution is 2.34. The van der Waals surface area contributed by atoms with Gasteiger partial charge in [-0.2, -0.15) is 0 Å². The molecule has 0 radical (unpaired) electrons. The molecule has 14 heavy (non-hydrogen) atoms. The Hall–Kier alpha value is -1.31. The highest BCUT2D eigenvalue weighted by Gasteiger charge is 2.34. The van der Waals surface area contributed by atoms with Crippen molar-refractivity contribution in [2.45, 2.75) is 32.9 Å². The molecule has 0 bridgehead atoms. The number of benzene rings is 1. The number of carbonyl (C=O) groups excluding carboxylic acids is 1. The summed E-state index contributed by atoms with van der Waals surface area (Å²) in [4.78, 5) is 13.9. The van der Waals surface area contributed by atoms with E-state index in [2.05, 4.69) is 20.8 Å². The molecule has 0 aromatic heterocycles. The lowest BCUT2D eigenvalue weighted by molar-refractivity contribution is 0.0678. The first-order valence-corrected chi connectivity index (χ1v) is 5.04. The van der Waals surface area contributed by atoms with Gasteiger partial charge in [-0.3, -0.25) is 4.79 Å². The van der Waals surface area contributed by atoms with Gasteiger partial charge in [0.05, 0.1) is 6.04 Å². The quantitative estimate of drug-likeness (QED) is 0.665. The van der Waals surface area contributed by atoms with Crippen LogP contribution >= 0.6 is 0 Å². The molecule has 1 aliphatic rings. The summed E-state index contributed by atoms with van der Waals surface area (Å²) in [6.45, 7) is 6.20. The Labute approximate surface area is 84.5 Å². The number of rotatable bonds is 1. The number of hydrogen-bond donors (Lipinski definition) is 0. The average molecular weight is 189 g/mol. The predicted octanol–water partition coefficient (Wildman–Crippen LogP) is 2.61. The van der Waals surface area contributed by atoms with Crippen molar-refractivity contribution in [3.8, 4) is 0 Å². The van der Waals surface area contributed by atoms with Gasteiger partial charge in [0.25, 0.3) is 5.91 Å². The molecule has 1 atom stereocenters. The maximum Gasteiger partial charge on any atom is 0.254 e. The van der Waals surface area contributed by atoms with E-state index < -0.39 is 0 Å². The molecule has 2 heteroatoms. The molecule has 0 fully saturated rings. The second kappa shape index (κ2) is 3.12. The SMILES string of the molecule is CC(C)N1C(=O)c2ccccc2[C@@H]1C. The molecular formula is C12H15NO. The van der Waals surface area contributed by atoms with Crippen molar-refractivity contribution in [1.29, 1.82) is 0 Å². The molecule has 1 amide bonds. The normalized spacial score (nSPS) is 20.4. The molecule has 74 valence electrons. The Balaban J connectivity index is 2.48. The van der Waals surface area contributed by atoms with E-state index in [1.165, 1.54) is 0 Å². The van der Waals surface area contributed by atoms with Crippen molar-refractivity contribution in [3.63, 3.8) is 0 Å². The van der Waals surface area contributed by atoms with Crippen LogP contribution in [0.3, 0.4) is 0 Å². The molecule has 0 spiro atoms. The molecule has 0 saturated heterocycles.